The summed E-state index contributed by atoms with van der Waals surface area (Å²) < 4.78 is 16.2. The van der Waals surface area contributed by atoms with Gasteiger partial charge < -0.3 is 24.4 Å². The number of nitrogens with zero attached hydrogens (tertiary/aromatic N) is 1. The van der Waals surface area contributed by atoms with Crippen molar-refractivity contribution in [1.82, 2.24) is 4.90 Å². The zero-order valence-electron chi connectivity index (χ0n) is 14.7. The zero-order chi connectivity index (χ0) is 18.0. The van der Waals surface area contributed by atoms with E-state index in [-0.39, 0.29) is 6.79 Å². The second-order valence-corrected chi connectivity index (χ2v) is 6.74. The second kappa shape index (κ2) is 7.09. The fourth-order valence-corrected chi connectivity index (χ4v) is 3.81. The molecule has 2 aliphatic heterocycles. The number of hydrogen-bond acceptors (Lipinski definition) is 6. The van der Waals surface area contributed by atoms with Gasteiger partial charge in [-0.25, -0.2) is 0 Å². The predicted molar refractivity (Wildman–Crippen MR) is 90.0 cm³/mol. The average Bonchev–Trinajstić information content (AvgIpc) is 3.05. The molecule has 0 aromatic heterocycles. The number of hydrogen-bond donors (Lipinski definition) is 2. The number of likely N-dealkylation sites (tertiary alicyclic amines) is 1. The Morgan fingerprint density at radius 1 is 1.44 bits per heavy atom. The molecule has 1 fully saturated rings. The topological polar surface area (TPSA) is 88.5 Å². The number of benzene rings is 1. The van der Waals surface area contributed by atoms with E-state index in [2.05, 4.69) is 4.90 Å². The fourth-order valence-electron chi connectivity index (χ4n) is 3.81. The summed E-state index contributed by atoms with van der Waals surface area (Å²) in [6.45, 7) is 3.67. The monoisotopic (exact) mass is 351 g/mol. The van der Waals surface area contributed by atoms with Crippen LogP contribution in [0, 0.1) is 5.41 Å². The molecule has 0 spiro atoms. The minimum atomic E-state index is -1.03. The van der Waals surface area contributed by atoms with Crippen LogP contribution in [-0.2, 0) is 11.3 Å². The van der Waals surface area contributed by atoms with E-state index in [1.165, 1.54) is 0 Å². The molecule has 2 aliphatic rings. The van der Waals surface area contributed by atoms with E-state index in [0.717, 1.165) is 12.0 Å². The maximum atomic E-state index is 11.7. The number of aliphatic hydroxyl groups excluding tert-OH is 1. The number of rotatable bonds is 6. The highest BCUT2D eigenvalue weighted by Crippen LogP contribution is 2.42. The molecule has 1 saturated heterocycles. The number of fused-ring (bicyclic) bond motifs is 1. The van der Waals surface area contributed by atoms with Crippen molar-refractivity contribution in [2.75, 3.05) is 27.0 Å². The Hall–Kier alpha value is -1.99. The number of β-amino-alcohol motifs (C(OH)–C–C–N with tert-alkyl or cyclic N) is 1. The largest absolute Gasteiger partial charge is 0.493 e. The summed E-state index contributed by atoms with van der Waals surface area (Å²) in [6.07, 6.45) is 0.798. The van der Waals surface area contributed by atoms with E-state index in [1.807, 2.05) is 19.1 Å². The molecular weight excluding hydrogens is 326 g/mol. The number of aliphatic carboxylic acids is 1. The molecule has 7 heteroatoms. The van der Waals surface area contributed by atoms with Crippen LogP contribution in [0.1, 0.15) is 31.7 Å². The Morgan fingerprint density at radius 3 is 2.88 bits per heavy atom. The van der Waals surface area contributed by atoms with Gasteiger partial charge in [0.15, 0.2) is 11.5 Å². The van der Waals surface area contributed by atoms with Gasteiger partial charge in [-0.05, 0) is 37.1 Å². The van der Waals surface area contributed by atoms with Crippen molar-refractivity contribution >= 4 is 5.97 Å². The molecule has 0 bridgehead atoms. The summed E-state index contributed by atoms with van der Waals surface area (Å²) in [5.74, 6) is 0.982. The quantitative estimate of drug-likeness (QED) is 0.809. The van der Waals surface area contributed by atoms with Crippen LogP contribution in [0.3, 0.4) is 0 Å². The lowest BCUT2D eigenvalue weighted by Gasteiger charge is -2.42. The first-order valence-electron chi connectivity index (χ1n) is 8.60. The van der Waals surface area contributed by atoms with Crippen LogP contribution in [0.5, 0.6) is 17.2 Å². The molecule has 1 aromatic rings. The fraction of sp³-hybridized carbons (Fsp3) is 0.611. The third-order valence-corrected chi connectivity index (χ3v) is 5.19. The third-order valence-electron chi connectivity index (χ3n) is 5.19. The number of aliphatic hydroxyl groups is 1. The normalized spacial score (nSPS) is 25.8. The second-order valence-electron chi connectivity index (χ2n) is 6.74. The van der Waals surface area contributed by atoms with Crippen molar-refractivity contribution in [3.8, 4) is 17.2 Å². The summed E-state index contributed by atoms with van der Waals surface area (Å²) in [7, 11) is 1.58. The van der Waals surface area contributed by atoms with Crippen LogP contribution in [0.25, 0.3) is 0 Å². The molecule has 1 aromatic carbocycles. The van der Waals surface area contributed by atoms with Crippen LogP contribution in [0.2, 0.25) is 0 Å². The Labute approximate surface area is 147 Å². The molecule has 2 N–H and O–H groups in total. The molecule has 0 aliphatic carbocycles. The summed E-state index contributed by atoms with van der Waals surface area (Å²) in [4.78, 5) is 13.8. The van der Waals surface area contributed by atoms with E-state index in [4.69, 9.17) is 14.2 Å². The predicted octanol–water partition coefficient (Wildman–Crippen LogP) is 1.86. The lowest BCUT2D eigenvalue weighted by Crippen LogP contribution is -2.54. The minimum Gasteiger partial charge on any atom is -0.493 e. The van der Waals surface area contributed by atoms with Crippen molar-refractivity contribution < 1.29 is 29.2 Å². The van der Waals surface area contributed by atoms with Gasteiger partial charge in [0.25, 0.3) is 0 Å². The Balaban J connectivity index is 1.73. The third kappa shape index (κ3) is 3.26. The minimum absolute atomic E-state index is 0.176. The van der Waals surface area contributed by atoms with Crippen molar-refractivity contribution in [2.24, 2.45) is 5.41 Å². The van der Waals surface area contributed by atoms with E-state index in [0.29, 0.717) is 49.7 Å². The standard InChI is InChI=1S/C18H25NO6/c1-3-4-18(17(21)22)5-6-19(10-15(18)20)9-12-7-13(23-2)16-14(8-12)24-11-25-16/h7-8,15,20H,3-6,9-11H2,1-2H3,(H,21,22)/t15-,18+/m1/s1. The van der Waals surface area contributed by atoms with Gasteiger partial charge in [0, 0.05) is 13.1 Å². The van der Waals surface area contributed by atoms with Gasteiger partial charge >= 0.3 is 5.97 Å². The summed E-state index contributed by atoms with van der Waals surface area (Å²) in [5, 5.41) is 20.1. The maximum absolute atomic E-state index is 11.7. The number of ether oxygens (including phenoxy) is 3. The summed E-state index contributed by atoms with van der Waals surface area (Å²) in [5.41, 5.74) is -0.0516. The average molecular weight is 351 g/mol. The van der Waals surface area contributed by atoms with E-state index < -0.39 is 17.5 Å². The number of carboxylic acid groups (broad SMARTS) is 1. The van der Waals surface area contributed by atoms with Gasteiger partial charge in [-0.2, -0.15) is 0 Å². The highest BCUT2D eigenvalue weighted by molar-refractivity contribution is 5.75. The smallest absolute Gasteiger partial charge is 0.312 e. The van der Waals surface area contributed by atoms with Gasteiger partial charge in [-0.3, -0.25) is 9.69 Å². The van der Waals surface area contributed by atoms with Crippen LogP contribution >= 0.6 is 0 Å². The van der Waals surface area contributed by atoms with Gasteiger partial charge in [-0.15, -0.1) is 0 Å². The highest BCUT2D eigenvalue weighted by Gasteiger charge is 2.47. The molecule has 2 atom stereocenters. The lowest BCUT2D eigenvalue weighted by atomic mass is 9.73. The first-order valence-corrected chi connectivity index (χ1v) is 8.60. The number of carbonyl (C=O) groups is 1. The molecule has 0 amide bonds. The van der Waals surface area contributed by atoms with E-state index in [1.54, 1.807) is 7.11 Å². The Morgan fingerprint density at radius 2 is 2.24 bits per heavy atom. The van der Waals surface area contributed by atoms with Gasteiger partial charge in [-0.1, -0.05) is 13.3 Å². The molecular formula is C18H25NO6. The van der Waals surface area contributed by atoms with Crippen molar-refractivity contribution in [3.05, 3.63) is 17.7 Å². The molecule has 3 rings (SSSR count). The van der Waals surface area contributed by atoms with Crippen LogP contribution < -0.4 is 14.2 Å². The Bertz CT molecular complexity index is 649. The Kier molecular flexibility index (Phi) is 5.06. The first kappa shape index (κ1) is 17.8. The molecule has 7 nitrogen and oxygen atoms in total. The number of methoxy groups -OCH3 is 1. The zero-order valence-corrected chi connectivity index (χ0v) is 14.7. The van der Waals surface area contributed by atoms with Crippen LogP contribution in [0.4, 0.5) is 0 Å². The van der Waals surface area contributed by atoms with Crippen molar-refractivity contribution in [3.63, 3.8) is 0 Å². The van der Waals surface area contributed by atoms with Crippen LogP contribution in [0.15, 0.2) is 12.1 Å². The molecule has 138 valence electrons. The molecule has 2 heterocycles. The first-order chi connectivity index (χ1) is 12.0. The lowest BCUT2D eigenvalue weighted by molar-refractivity contribution is -0.164. The molecule has 0 unspecified atom stereocenters. The van der Waals surface area contributed by atoms with Crippen molar-refractivity contribution in [1.29, 1.82) is 0 Å². The van der Waals surface area contributed by atoms with Crippen molar-refractivity contribution in [2.45, 2.75) is 38.8 Å². The number of carboxylic acids is 1. The summed E-state index contributed by atoms with van der Waals surface area (Å²) in [6, 6.07) is 3.80. The molecule has 25 heavy (non-hydrogen) atoms. The number of piperidine rings is 1. The molecule has 0 radical (unpaired) electrons. The maximum Gasteiger partial charge on any atom is 0.312 e. The van der Waals surface area contributed by atoms with E-state index >= 15 is 0 Å². The van der Waals surface area contributed by atoms with E-state index in [9.17, 15) is 15.0 Å². The SMILES string of the molecule is CCC[C@]1(C(=O)O)CCN(Cc2cc(OC)c3c(c2)OCO3)C[C@H]1O. The molecule has 0 saturated carbocycles. The van der Waals surface area contributed by atoms with Crippen LogP contribution in [-0.4, -0.2) is 54.2 Å². The van der Waals surface area contributed by atoms with Gasteiger partial charge in [0.05, 0.1) is 18.6 Å². The van der Waals surface area contributed by atoms with Gasteiger partial charge in [0.2, 0.25) is 12.5 Å². The van der Waals surface area contributed by atoms with Gasteiger partial charge in [0.1, 0.15) is 0 Å². The highest BCUT2D eigenvalue weighted by atomic mass is 16.7. The summed E-state index contributed by atoms with van der Waals surface area (Å²) >= 11 is 0.